The van der Waals surface area contributed by atoms with Crippen LogP contribution in [0.4, 0.5) is 10.1 Å². The van der Waals surface area contributed by atoms with E-state index in [9.17, 15) is 18.8 Å². The summed E-state index contributed by atoms with van der Waals surface area (Å²) in [5.74, 6) is -0.484. The first-order valence-electron chi connectivity index (χ1n) is 10.3. The fraction of sp³-hybridized carbons (Fsp3) is 0.500. The van der Waals surface area contributed by atoms with Gasteiger partial charge in [-0.25, -0.2) is 4.39 Å². The van der Waals surface area contributed by atoms with Crippen LogP contribution in [0.2, 0.25) is 0 Å². The second kappa shape index (κ2) is 6.97. The highest BCUT2D eigenvalue weighted by atomic mass is 19.1. The summed E-state index contributed by atoms with van der Waals surface area (Å²) >= 11 is 0. The number of likely N-dealkylation sites (tertiary alicyclic amines) is 1. The molecule has 5 rings (SSSR count). The Morgan fingerprint density at radius 3 is 2.10 bits per heavy atom. The van der Waals surface area contributed by atoms with Crippen LogP contribution in [0.1, 0.15) is 12.8 Å². The lowest BCUT2D eigenvalue weighted by Crippen LogP contribution is -2.49. The van der Waals surface area contributed by atoms with Crippen LogP contribution in [0.25, 0.3) is 0 Å². The smallest absolute Gasteiger partial charge is 0.233 e. The highest BCUT2D eigenvalue weighted by molar-refractivity contribution is 6.06. The molecule has 0 aromatic heterocycles. The number of nitrogens with zero attached hydrogens (tertiary/aromatic N) is 3. The van der Waals surface area contributed by atoms with Crippen molar-refractivity contribution in [2.24, 2.45) is 23.7 Å². The second-order valence-corrected chi connectivity index (χ2v) is 8.42. The minimum atomic E-state index is -0.263. The number of allylic oxidation sites excluding steroid dienone is 2. The summed E-state index contributed by atoms with van der Waals surface area (Å²) in [7, 11) is 0. The van der Waals surface area contributed by atoms with E-state index in [1.54, 1.807) is 17.0 Å². The third-order valence-electron chi connectivity index (χ3n) is 6.94. The van der Waals surface area contributed by atoms with Gasteiger partial charge in [-0.15, -0.1) is 0 Å². The fourth-order valence-electron chi connectivity index (χ4n) is 5.42. The number of anilines is 1. The van der Waals surface area contributed by atoms with Crippen LogP contribution in [0.3, 0.4) is 0 Å². The van der Waals surface area contributed by atoms with Gasteiger partial charge in [0.25, 0.3) is 0 Å². The van der Waals surface area contributed by atoms with E-state index >= 15 is 0 Å². The van der Waals surface area contributed by atoms with Gasteiger partial charge in [0.15, 0.2) is 0 Å². The summed E-state index contributed by atoms with van der Waals surface area (Å²) in [5.41, 5.74) is 0.946. The Bertz CT molecular complexity index is 846. The number of fused-ring (bicyclic) bond motifs is 5. The van der Waals surface area contributed by atoms with Crippen molar-refractivity contribution in [1.29, 1.82) is 0 Å². The summed E-state index contributed by atoms with van der Waals surface area (Å²) in [6.07, 6.45) is 5.24. The second-order valence-electron chi connectivity index (χ2n) is 8.42. The van der Waals surface area contributed by atoms with Crippen molar-refractivity contribution in [2.75, 3.05) is 37.6 Å². The standard InChI is InChI=1S/C22H24FN3O3/c23-16-3-5-17(6-4-16)24-9-11-25(12-10-24)18(27)7-8-26-21(28)19-14-1-2-15(13-14)20(19)22(26)29/h1-6,14-15,19-20H,7-13H2/t14-,15-,19-,20-/m0/s1. The molecule has 2 aliphatic carbocycles. The van der Waals surface area contributed by atoms with Crippen LogP contribution < -0.4 is 4.90 Å². The van der Waals surface area contributed by atoms with Crippen molar-refractivity contribution in [3.63, 3.8) is 0 Å². The van der Waals surface area contributed by atoms with Crippen molar-refractivity contribution in [1.82, 2.24) is 9.80 Å². The highest BCUT2D eigenvalue weighted by Gasteiger charge is 2.59. The van der Waals surface area contributed by atoms with Gasteiger partial charge in [-0.05, 0) is 42.5 Å². The highest BCUT2D eigenvalue weighted by Crippen LogP contribution is 2.52. The lowest BCUT2D eigenvalue weighted by molar-refractivity contribution is -0.141. The summed E-state index contributed by atoms with van der Waals surface area (Å²) in [6.45, 7) is 2.70. The van der Waals surface area contributed by atoms with E-state index in [-0.39, 0.29) is 60.2 Å². The number of halogens is 1. The number of carbonyl (C=O) groups is 3. The Morgan fingerprint density at radius 1 is 0.931 bits per heavy atom. The van der Waals surface area contributed by atoms with Crippen LogP contribution >= 0.6 is 0 Å². The molecule has 2 aliphatic heterocycles. The maximum Gasteiger partial charge on any atom is 0.233 e. The topological polar surface area (TPSA) is 60.9 Å². The zero-order valence-electron chi connectivity index (χ0n) is 16.2. The van der Waals surface area contributed by atoms with Gasteiger partial charge in [-0.3, -0.25) is 19.3 Å². The molecule has 152 valence electrons. The molecule has 1 aromatic rings. The van der Waals surface area contributed by atoms with Crippen LogP contribution in [0.5, 0.6) is 0 Å². The monoisotopic (exact) mass is 397 g/mol. The molecule has 2 saturated heterocycles. The number of benzene rings is 1. The summed E-state index contributed by atoms with van der Waals surface area (Å²) in [5, 5.41) is 0. The molecule has 0 spiro atoms. The Kier molecular flexibility index (Phi) is 4.41. The number of imide groups is 1. The predicted octanol–water partition coefficient (Wildman–Crippen LogP) is 1.67. The van der Waals surface area contributed by atoms with Gasteiger partial charge in [-0.1, -0.05) is 12.2 Å². The SMILES string of the molecule is O=C(CCN1C(=O)[C@@H]2[C@@H](C1=O)[C@H]1C=C[C@H]2C1)N1CCN(c2ccc(F)cc2)CC1. The zero-order chi connectivity index (χ0) is 20.1. The first-order valence-corrected chi connectivity index (χ1v) is 10.3. The number of hydrogen-bond donors (Lipinski definition) is 0. The van der Waals surface area contributed by atoms with Crippen LogP contribution in [0, 0.1) is 29.5 Å². The maximum atomic E-state index is 13.1. The number of carbonyl (C=O) groups excluding carboxylic acids is 3. The third kappa shape index (κ3) is 3.03. The van der Waals surface area contributed by atoms with E-state index in [2.05, 4.69) is 17.1 Å². The molecule has 2 bridgehead atoms. The minimum Gasteiger partial charge on any atom is -0.368 e. The molecule has 3 amide bonds. The molecule has 6 nitrogen and oxygen atoms in total. The molecule has 0 unspecified atom stereocenters. The largest absolute Gasteiger partial charge is 0.368 e. The first kappa shape index (κ1) is 18.3. The molecule has 1 saturated carbocycles. The third-order valence-corrected chi connectivity index (χ3v) is 6.94. The van der Waals surface area contributed by atoms with Crippen molar-refractivity contribution in [2.45, 2.75) is 12.8 Å². The van der Waals surface area contributed by atoms with Crippen LogP contribution in [-0.4, -0.2) is 60.2 Å². The van der Waals surface area contributed by atoms with Crippen molar-refractivity contribution in [3.05, 3.63) is 42.2 Å². The molecule has 0 radical (unpaired) electrons. The normalized spacial score (nSPS) is 30.4. The average Bonchev–Trinajstić information content (AvgIpc) is 3.41. The van der Waals surface area contributed by atoms with E-state index < -0.39 is 0 Å². The number of piperazine rings is 1. The molecular formula is C22H24FN3O3. The van der Waals surface area contributed by atoms with Crippen molar-refractivity contribution < 1.29 is 18.8 Å². The van der Waals surface area contributed by atoms with E-state index in [1.165, 1.54) is 17.0 Å². The zero-order valence-corrected chi connectivity index (χ0v) is 16.2. The molecule has 0 N–H and O–H groups in total. The summed E-state index contributed by atoms with van der Waals surface area (Å²) < 4.78 is 13.1. The molecular weight excluding hydrogens is 373 g/mol. The van der Waals surface area contributed by atoms with E-state index in [0.717, 1.165) is 12.1 Å². The Labute approximate surface area is 168 Å². The fourth-order valence-corrected chi connectivity index (χ4v) is 5.42. The average molecular weight is 397 g/mol. The molecule has 1 aromatic carbocycles. The van der Waals surface area contributed by atoms with Crippen LogP contribution in [0.15, 0.2) is 36.4 Å². The van der Waals surface area contributed by atoms with Gasteiger partial charge in [0, 0.05) is 44.8 Å². The van der Waals surface area contributed by atoms with Gasteiger partial charge in [0.05, 0.1) is 11.8 Å². The number of amides is 3. The Morgan fingerprint density at radius 2 is 1.52 bits per heavy atom. The Balaban J connectivity index is 1.14. The van der Waals surface area contributed by atoms with E-state index in [4.69, 9.17) is 0 Å². The lowest BCUT2D eigenvalue weighted by atomic mass is 9.85. The quantitative estimate of drug-likeness (QED) is 0.573. The minimum absolute atomic E-state index is 0.0255. The summed E-state index contributed by atoms with van der Waals surface area (Å²) in [6, 6.07) is 6.37. The van der Waals surface area contributed by atoms with Gasteiger partial charge < -0.3 is 9.80 Å². The van der Waals surface area contributed by atoms with Crippen molar-refractivity contribution >= 4 is 23.4 Å². The maximum absolute atomic E-state index is 13.1. The molecule has 4 aliphatic rings. The first-order chi connectivity index (χ1) is 14.0. The Hall–Kier alpha value is -2.70. The number of hydrogen-bond acceptors (Lipinski definition) is 4. The molecule has 7 heteroatoms. The van der Waals surface area contributed by atoms with Crippen LogP contribution in [-0.2, 0) is 14.4 Å². The number of rotatable bonds is 4. The molecule has 4 atom stereocenters. The van der Waals surface area contributed by atoms with Crippen molar-refractivity contribution in [3.8, 4) is 0 Å². The van der Waals surface area contributed by atoms with Gasteiger partial charge >= 0.3 is 0 Å². The van der Waals surface area contributed by atoms with E-state index in [0.29, 0.717) is 26.2 Å². The summed E-state index contributed by atoms with van der Waals surface area (Å²) in [4.78, 5) is 43.3. The molecule has 3 fully saturated rings. The molecule has 2 heterocycles. The molecule has 29 heavy (non-hydrogen) atoms. The lowest BCUT2D eigenvalue weighted by Gasteiger charge is -2.36. The van der Waals surface area contributed by atoms with Gasteiger partial charge in [-0.2, -0.15) is 0 Å². The van der Waals surface area contributed by atoms with E-state index in [1.807, 2.05) is 0 Å². The predicted molar refractivity (Wildman–Crippen MR) is 104 cm³/mol. The van der Waals surface area contributed by atoms with Gasteiger partial charge in [0.2, 0.25) is 17.7 Å². The van der Waals surface area contributed by atoms with Gasteiger partial charge in [0.1, 0.15) is 5.82 Å².